The molecule has 2 rings (SSSR count). The van der Waals surface area contributed by atoms with Gasteiger partial charge in [0.2, 0.25) is 0 Å². The van der Waals surface area contributed by atoms with E-state index >= 15 is 0 Å². The molecule has 4 heteroatoms. The molecular formula is C14H26N2O2. The third-order valence-electron chi connectivity index (χ3n) is 4.70. The summed E-state index contributed by atoms with van der Waals surface area (Å²) < 4.78 is 4.97. The minimum absolute atomic E-state index is 0.0951. The lowest BCUT2D eigenvalue weighted by molar-refractivity contribution is -0.148. The molecule has 2 fully saturated rings. The normalized spacial score (nSPS) is 34.2. The fourth-order valence-electron chi connectivity index (χ4n) is 3.50. The van der Waals surface area contributed by atoms with Gasteiger partial charge in [-0.05, 0) is 52.2 Å². The quantitative estimate of drug-likeness (QED) is 0.776. The van der Waals surface area contributed by atoms with Crippen LogP contribution in [-0.4, -0.2) is 49.7 Å². The van der Waals surface area contributed by atoms with Gasteiger partial charge in [0.15, 0.2) is 0 Å². The number of nitrogens with one attached hydrogen (secondary N) is 1. The molecule has 0 radical (unpaired) electrons. The molecule has 0 amide bonds. The Hall–Kier alpha value is -0.610. The third kappa shape index (κ3) is 2.69. The molecule has 0 bridgehead atoms. The van der Waals surface area contributed by atoms with E-state index in [4.69, 9.17) is 4.74 Å². The number of carbonyl (C=O) groups excluding carboxylic acids is 1. The molecule has 0 spiro atoms. The standard InChI is InChI=1S/C14H26N2O2/c1-15-14(13(17)18-2)8-7-12(11-14)16-9-5-3-4-6-10-16/h12,15H,3-11H2,1-2H3. The number of likely N-dealkylation sites (N-methyl/N-ethyl adjacent to an activating group) is 1. The maximum Gasteiger partial charge on any atom is 0.326 e. The molecule has 1 aliphatic heterocycles. The summed E-state index contributed by atoms with van der Waals surface area (Å²) in [6.07, 6.45) is 8.24. The van der Waals surface area contributed by atoms with Gasteiger partial charge in [0.25, 0.3) is 0 Å². The highest BCUT2D eigenvalue weighted by molar-refractivity contribution is 5.81. The van der Waals surface area contributed by atoms with Gasteiger partial charge in [0.05, 0.1) is 7.11 Å². The van der Waals surface area contributed by atoms with E-state index in [0.717, 1.165) is 19.3 Å². The monoisotopic (exact) mass is 254 g/mol. The largest absolute Gasteiger partial charge is 0.468 e. The summed E-state index contributed by atoms with van der Waals surface area (Å²) >= 11 is 0. The Morgan fingerprint density at radius 2 is 1.94 bits per heavy atom. The van der Waals surface area contributed by atoms with Gasteiger partial charge in [-0.25, -0.2) is 0 Å². The maximum atomic E-state index is 12.0. The van der Waals surface area contributed by atoms with Crippen LogP contribution in [0.3, 0.4) is 0 Å². The van der Waals surface area contributed by atoms with Gasteiger partial charge in [-0.3, -0.25) is 4.79 Å². The second-order valence-electron chi connectivity index (χ2n) is 5.67. The van der Waals surface area contributed by atoms with Gasteiger partial charge in [0, 0.05) is 6.04 Å². The van der Waals surface area contributed by atoms with E-state index < -0.39 is 5.54 Å². The number of nitrogens with zero attached hydrogens (tertiary/aromatic N) is 1. The smallest absolute Gasteiger partial charge is 0.326 e. The topological polar surface area (TPSA) is 41.6 Å². The predicted molar refractivity (Wildman–Crippen MR) is 71.5 cm³/mol. The molecule has 104 valence electrons. The molecule has 4 nitrogen and oxygen atoms in total. The molecule has 0 aromatic rings. The van der Waals surface area contributed by atoms with Crippen LogP contribution in [0, 0.1) is 0 Å². The van der Waals surface area contributed by atoms with Crippen molar-refractivity contribution in [3.63, 3.8) is 0 Å². The molecule has 1 saturated carbocycles. The minimum Gasteiger partial charge on any atom is -0.468 e. The highest BCUT2D eigenvalue weighted by Crippen LogP contribution is 2.34. The minimum atomic E-state index is -0.439. The first kappa shape index (κ1) is 13.8. The Labute approximate surface area is 110 Å². The molecule has 1 heterocycles. The van der Waals surface area contributed by atoms with Gasteiger partial charge in [-0.2, -0.15) is 0 Å². The van der Waals surface area contributed by atoms with Crippen LogP contribution in [0.25, 0.3) is 0 Å². The van der Waals surface area contributed by atoms with E-state index in [9.17, 15) is 4.79 Å². The molecule has 1 saturated heterocycles. The van der Waals surface area contributed by atoms with E-state index in [1.165, 1.54) is 45.9 Å². The SMILES string of the molecule is CNC1(C(=O)OC)CCC(N2CCCCCC2)C1. The second-order valence-corrected chi connectivity index (χ2v) is 5.67. The van der Waals surface area contributed by atoms with Crippen LogP contribution in [-0.2, 0) is 9.53 Å². The molecule has 1 aliphatic carbocycles. The fraction of sp³-hybridized carbons (Fsp3) is 0.929. The van der Waals surface area contributed by atoms with Crippen LogP contribution in [0.15, 0.2) is 0 Å². The number of ether oxygens (including phenoxy) is 1. The Balaban J connectivity index is 1.99. The molecule has 2 unspecified atom stereocenters. The van der Waals surface area contributed by atoms with E-state index in [2.05, 4.69) is 10.2 Å². The van der Waals surface area contributed by atoms with Crippen molar-refractivity contribution in [2.45, 2.75) is 56.5 Å². The summed E-state index contributed by atoms with van der Waals surface area (Å²) in [5, 5.41) is 3.21. The Kier molecular flexibility index (Phi) is 4.62. The van der Waals surface area contributed by atoms with Crippen LogP contribution >= 0.6 is 0 Å². The van der Waals surface area contributed by atoms with Gasteiger partial charge < -0.3 is 15.0 Å². The van der Waals surface area contributed by atoms with E-state index in [1.807, 2.05) is 7.05 Å². The first-order valence-corrected chi connectivity index (χ1v) is 7.23. The van der Waals surface area contributed by atoms with Crippen LogP contribution in [0.1, 0.15) is 44.9 Å². The van der Waals surface area contributed by atoms with Crippen molar-refractivity contribution in [1.82, 2.24) is 10.2 Å². The summed E-state index contributed by atoms with van der Waals surface area (Å²) in [6, 6.07) is 0.551. The van der Waals surface area contributed by atoms with Crippen molar-refractivity contribution in [1.29, 1.82) is 0 Å². The lowest BCUT2D eigenvalue weighted by Crippen LogP contribution is -2.50. The fourth-order valence-corrected chi connectivity index (χ4v) is 3.50. The van der Waals surface area contributed by atoms with Gasteiger partial charge in [0.1, 0.15) is 5.54 Å². The Bertz CT molecular complexity index is 288. The van der Waals surface area contributed by atoms with Crippen LogP contribution in [0.5, 0.6) is 0 Å². The summed E-state index contributed by atoms with van der Waals surface area (Å²) in [4.78, 5) is 14.6. The van der Waals surface area contributed by atoms with Crippen molar-refractivity contribution in [3.8, 4) is 0 Å². The predicted octanol–water partition coefficient (Wildman–Crippen LogP) is 1.55. The zero-order chi connectivity index (χ0) is 13.0. The second kappa shape index (κ2) is 6.02. The molecule has 0 aromatic carbocycles. The highest BCUT2D eigenvalue weighted by atomic mass is 16.5. The number of hydrogen-bond acceptors (Lipinski definition) is 4. The lowest BCUT2D eigenvalue weighted by atomic mass is 9.97. The zero-order valence-corrected chi connectivity index (χ0v) is 11.7. The summed E-state index contributed by atoms with van der Waals surface area (Å²) in [5.74, 6) is -0.0951. The van der Waals surface area contributed by atoms with E-state index in [0.29, 0.717) is 6.04 Å². The number of rotatable bonds is 3. The maximum absolute atomic E-state index is 12.0. The number of esters is 1. The van der Waals surface area contributed by atoms with Crippen LogP contribution in [0.4, 0.5) is 0 Å². The van der Waals surface area contributed by atoms with Crippen LogP contribution in [0.2, 0.25) is 0 Å². The van der Waals surface area contributed by atoms with Crippen molar-refractivity contribution >= 4 is 5.97 Å². The number of methoxy groups -OCH3 is 1. The average molecular weight is 254 g/mol. The van der Waals surface area contributed by atoms with Gasteiger partial charge in [-0.15, -0.1) is 0 Å². The van der Waals surface area contributed by atoms with Gasteiger partial charge >= 0.3 is 5.97 Å². The van der Waals surface area contributed by atoms with E-state index in [1.54, 1.807) is 0 Å². The van der Waals surface area contributed by atoms with E-state index in [-0.39, 0.29) is 5.97 Å². The van der Waals surface area contributed by atoms with Crippen molar-refractivity contribution in [3.05, 3.63) is 0 Å². The molecule has 1 N–H and O–H groups in total. The Morgan fingerprint density at radius 3 is 2.50 bits per heavy atom. The molecule has 2 atom stereocenters. The van der Waals surface area contributed by atoms with Crippen LogP contribution < -0.4 is 5.32 Å². The van der Waals surface area contributed by atoms with Crippen molar-refractivity contribution in [2.24, 2.45) is 0 Å². The Morgan fingerprint density at radius 1 is 1.28 bits per heavy atom. The summed E-state index contributed by atoms with van der Waals surface area (Å²) in [5.41, 5.74) is -0.439. The number of likely N-dealkylation sites (tertiary alicyclic amines) is 1. The number of carbonyl (C=O) groups is 1. The number of hydrogen-bond donors (Lipinski definition) is 1. The van der Waals surface area contributed by atoms with Gasteiger partial charge in [-0.1, -0.05) is 12.8 Å². The summed E-state index contributed by atoms with van der Waals surface area (Å²) in [6.45, 7) is 2.40. The van der Waals surface area contributed by atoms with Crippen molar-refractivity contribution in [2.75, 3.05) is 27.2 Å². The molecule has 18 heavy (non-hydrogen) atoms. The lowest BCUT2D eigenvalue weighted by Gasteiger charge is -2.30. The first-order valence-electron chi connectivity index (χ1n) is 7.23. The summed E-state index contributed by atoms with van der Waals surface area (Å²) in [7, 11) is 3.36. The first-order chi connectivity index (χ1) is 8.72. The molecule has 2 aliphatic rings. The van der Waals surface area contributed by atoms with Crippen molar-refractivity contribution < 1.29 is 9.53 Å². The molecule has 0 aromatic heterocycles. The molecular weight excluding hydrogens is 228 g/mol. The zero-order valence-electron chi connectivity index (χ0n) is 11.7. The third-order valence-corrected chi connectivity index (χ3v) is 4.70. The highest BCUT2D eigenvalue weighted by Gasteiger charge is 2.46. The average Bonchev–Trinajstić information content (AvgIpc) is 2.67.